The minimum Gasteiger partial charge on any atom is -0.394 e. The zero-order valence-electron chi connectivity index (χ0n) is 14.5. The normalized spacial score (nSPS) is 32.5. The first-order valence-electron chi connectivity index (χ1n) is 8.01. The second-order valence-corrected chi connectivity index (χ2v) is 7.74. The molecule has 10 heteroatoms. The van der Waals surface area contributed by atoms with Gasteiger partial charge in [0.15, 0.2) is 5.79 Å². The maximum atomic E-state index is 12.2. The van der Waals surface area contributed by atoms with E-state index in [0.29, 0.717) is 0 Å². The molecule has 0 saturated carbocycles. The zero-order valence-corrected chi connectivity index (χ0v) is 15.3. The summed E-state index contributed by atoms with van der Waals surface area (Å²) in [4.78, 5) is -0.0247. The molecule has 1 saturated heterocycles. The number of hydrogen-bond donors (Lipinski definition) is 4. The third-order valence-corrected chi connectivity index (χ3v) is 5.71. The highest BCUT2D eigenvalue weighted by atomic mass is 32.2. The van der Waals surface area contributed by atoms with Gasteiger partial charge in [-0.3, -0.25) is 4.18 Å². The summed E-state index contributed by atoms with van der Waals surface area (Å²) >= 11 is 0. The van der Waals surface area contributed by atoms with Gasteiger partial charge in [-0.05, 0) is 19.1 Å². The van der Waals surface area contributed by atoms with Crippen LogP contribution in [0.3, 0.4) is 0 Å². The molecular formula is C16H24O9S. The van der Waals surface area contributed by atoms with Gasteiger partial charge in [0.25, 0.3) is 10.1 Å². The number of ether oxygens (including phenoxy) is 2. The van der Waals surface area contributed by atoms with Gasteiger partial charge in [-0.2, -0.15) is 8.42 Å². The standard InChI is InChI=1S/C16H24O9S/c1-10-3-5-11(6-4-10)26(21,22)24-8-7-16(23-2)15(20)14(19)13(18)12(9-17)25-16/h3-6,12-15,17-20H,7-9H2,1-2H3/t12-,13-,14+,15-,16+/m1/s1. The molecule has 1 aromatic carbocycles. The summed E-state index contributed by atoms with van der Waals surface area (Å²) in [6.07, 6.45) is -6.31. The quantitative estimate of drug-likeness (QED) is 0.426. The Bertz CT molecular complexity index is 688. The lowest BCUT2D eigenvalue weighted by Crippen LogP contribution is -2.66. The first-order valence-corrected chi connectivity index (χ1v) is 9.42. The monoisotopic (exact) mass is 392 g/mol. The third-order valence-electron chi connectivity index (χ3n) is 4.38. The van der Waals surface area contributed by atoms with Crippen molar-refractivity contribution in [1.29, 1.82) is 0 Å². The average Bonchev–Trinajstić information content (AvgIpc) is 2.62. The molecule has 0 amide bonds. The lowest BCUT2D eigenvalue weighted by atomic mass is 9.91. The Balaban J connectivity index is 2.09. The molecule has 0 spiro atoms. The third kappa shape index (κ3) is 4.24. The van der Waals surface area contributed by atoms with Gasteiger partial charge in [-0.25, -0.2) is 0 Å². The van der Waals surface area contributed by atoms with Crippen molar-refractivity contribution in [2.45, 2.75) is 48.4 Å². The largest absolute Gasteiger partial charge is 0.394 e. The minimum atomic E-state index is -4.03. The van der Waals surface area contributed by atoms with Crippen molar-refractivity contribution in [2.75, 3.05) is 20.3 Å². The van der Waals surface area contributed by atoms with Gasteiger partial charge in [-0.1, -0.05) is 17.7 Å². The van der Waals surface area contributed by atoms with E-state index in [-0.39, 0.29) is 11.3 Å². The Kier molecular flexibility index (Phi) is 6.75. The van der Waals surface area contributed by atoms with Crippen LogP contribution in [0, 0.1) is 6.92 Å². The van der Waals surface area contributed by atoms with Gasteiger partial charge in [0.1, 0.15) is 24.4 Å². The van der Waals surface area contributed by atoms with Crippen molar-refractivity contribution in [3.8, 4) is 0 Å². The van der Waals surface area contributed by atoms with Crippen LogP contribution >= 0.6 is 0 Å². The fraction of sp³-hybridized carbons (Fsp3) is 0.625. The molecule has 1 fully saturated rings. The van der Waals surface area contributed by atoms with Crippen molar-refractivity contribution in [2.24, 2.45) is 0 Å². The van der Waals surface area contributed by atoms with Gasteiger partial charge in [0.05, 0.1) is 18.1 Å². The van der Waals surface area contributed by atoms with E-state index in [4.69, 9.17) is 13.7 Å². The van der Waals surface area contributed by atoms with Crippen molar-refractivity contribution in [3.05, 3.63) is 29.8 Å². The van der Waals surface area contributed by atoms with Crippen molar-refractivity contribution in [1.82, 2.24) is 0 Å². The summed E-state index contributed by atoms with van der Waals surface area (Å²) in [5.74, 6) is -1.84. The molecule has 5 atom stereocenters. The second kappa shape index (κ2) is 8.28. The van der Waals surface area contributed by atoms with Crippen LogP contribution in [0.2, 0.25) is 0 Å². The summed E-state index contributed by atoms with van der Waals surface area (Å²) in [6, 6.07) is 6.07. The highest BCUT2D eigenvalue weighted by Gasteiger charge is 2.53. The van der Waals surface area contributed by atoms with Crippen LogP contribution in [0.25, 0.3) is 0 Å². The van der Waals surface area contributed by atoms with Crippen molar-refractivity contribution >= 4 is 10.1 Å². The van der Waals surface area contributed by atoms with E-state index in [1.54, 1.807) is 12.1 Å². The van der Waals surface area contributed by atoms with Crippen molar-refractivity contribution in [3.63, 3.8) is 0 Å². The smallest absolute Gasteiger partial charge is 0.296 e. The highest BCUT2D eigenvalue weighted by molar-refractivity contribution is 7.86. The number of methoxy groups -OCH3 is 1. The molecule has 0 aromatic heterocycles. The van der Waals surface area contributed by atoms with Gasteiger partial charge in [0, 0.05) is 13.5 Å². The molecule has 2 rings (SSSR count). The molecule has 0 unspecified atom stereocenters. The van der Waals surface area contributed by atoms with Crippen molar-refractivity contribution < 1.29 is 42.5 Å². The molecule has 4 N–H and O–H groups in total. The molecule has 1 aliphatic rings. The van der Waals surface area contributed by atoms with Crippen LogP contribution in [-0.4, -0.2) is 79.4 Å². The molecule has 1 heterocycles. The lowest BCUT2D eigenvalue weighted by molar-refractivity contribution is -0.360. The Morgan fingerprint density at radius 1 is 1.15 bits per heavy atom. The number of aliphatic hydroxyl groups excluding tert-OH is 4. The number of rotatable bonds is 7. The molecule has 26 heavy (non-hydrogen) atoms. The summed E-state index contributed by atoms with van der Waals surface area (Å²) in [5.41, 5.74) is 0.892. The van der Waals surface area contributed by atoms with Gasteiger partial charge in [-0.15, -0.1) is 0 Å². The van der Waals surface area contributed by atoms with E-state index in [9.17, 15) is 28.8 Å². The zero-order chi connectivity index (χ0) is 19.5. The van der Waals surface area contributed by atoms with Crippen LogP contribution in [0.1, 0.15) is 12.0 Å². The minimum absolute atomic E-state index is 0.0247. The Labute approximate surface area is 151 Å². The molecule has 1 aliphatic heterocycles. The lowest BCUT2D eigenvalue weighted by Gasteiger charge is -2.47. The maximum absolute atomic E-state index is 12.2. The summed E-state index contributed by atoms with van der Waals surface area (Å²) in [5, 5.41) is 39.2. The predicted octanol–water partition coefficient (Wildman–Crippen LogP) is -1.09. The first-order chi connectivity index (χ1) is 12.2. The topological polar surface area (TPSA) is 143 Å². The molecule has 0 bridgehead atoms. The van der Waals surface area contributed by atoms with Crippen LogP contribution in [-0.2, 0) is 23.8 Å². The molecular weight excluding hydrogens is 368 g/mol. The number of benzene rings is 1. The first kappa shape index (κ1) is 21.2. The molecule has 1 aromatic rings. The molecule has 9 nitrogen and oxygen atoms in total. The maximum Gasteiger partial charge on any atom is 0.296 e. The molecule has 0 aliphatic carbocycles. The van der Waals surface area contributed by atoms with E-state index in [1.165, 1.54) is 19.2 Å². The van der Waals surface area contributed by atoms with E-state index in [2.05, 4.69) is 0 Å². The Morgan fingerprint density at radius 2 is 1.77 bits per heavy atom. The molecule has 148 valence electrons. The van der Waals surface area contributed by atoms with Crippen LogP contribution < -0.4 is 0 Å². The summed E-state index contributed by atoms with van der Waals surface area (Å²) in [7, 11) is -2.84. The van der Waals surface area contributed by atoms with E-state index in [0.717, 1.165) is 5.56 Å². The SMILES string of the molecule is CO[C@@]1(CCOS(=O)(=O)c2ccc(C)cc2)O[C@H](CO)[C@@H](O)[C@H](O)[C@H]1O. The van der Waals surface area contributed by atoms with Gasteiger partial charge in [0.2, 0.25) is 0 Å². The van der Waals surface area contributed by atoms with E-state index >= 15 is 0 Å². The van der Waals surface area contributed by atoms with E-state index in [1.807, 2.05) is 6.92 Å². The highest BCUT2D eigenvalue weighted by Crippen LogP contribution is 2.33. The second-order valence-electron chi connectivity index (χ2n) is 6.12. The van der Waals surface area contributed by atoms with Crippen LogP contribution in [0.15, 0.2) is 29.2 Å². The fourth-order valence-corrected chi connectivity index (χ4v) is 3.66. The van der Waals surface area contributed by atoms with E-state index < -0.39 is 53.5 Å². The number of hydrogen-bond acceptors (Lipinski definition) is 9. The summed E-state index contributed by atoms with van der Waals surface area (Å²) in [6.45, 7) is 0.777. The fourth-order valence-electron chi connectivity index (χ4n) is 2.75. The van der Waals surface area contributed by atoms with Crippen LogP contribution in [0.4, 0.5) is 0 Å². The van der Waals surface area contributed by atoms with Crippen LogP contribution in [0.5, 0.6) is 0 Å². The Morgan fingerprint density at radius 3 is 2.31 bits per heavy atom. The Hall–Kier alpha value is -1.11. The number of aryl methyl sites for hydroxylation is 1. The number of aliphatic hydroxyl groups is 4. The van der Waals surface area contributed by atoms with Gasteiger partial charge < -0.3 is 29.9 Å². The van der Waals surface area contributed by atoms with Gasteiger partial charge >= 0.3 is 0 Å². The average molecular weight is 392 g/mol. The summed E-state index contributed by atoms with van der Waals surface area (Å²) < 4.78 is 39.9. The molecule has 0 radical (unpaired) electrons. The predicted molar refractivity (Wildman–Crippen MR) is 88.7 cm³/mol.